The fourth-order valence-corrected chi connectivity index (χ4v) is 8.80. The molecule has 0 spiro atoms. The van der Waals surface area contributed by atoms with Gasteiger partial charge < -0.3 is 0 Å². The van der Waals surface area contributed by atoms with E-state index in [4.69, 9.17) is 0 Å². The van der Waals surface area contributed by atoms with Crippen LogP contribution in [-0.4, -0.2) is 0 Å². The first-order valence-electron chi connectivity index (χ1n) is 21.1. The highest BCUT2D eigenvalue weighted by atomic mass is 14.3. The Bertz CT molecular complexity index is 546. The van der Waals surface area contributed by atoms with E-state index in [2.05, 4.69) is 69.2 Å². The van der Waals surface area contributed by atoms with Crippen molar-refractivity contribution < 1.29 is 0 Å². The van der Waals surface area contributed by atoms with E-state index < -0.39 is 0 Å². The van der Waals surface area contributed by atoms with E-state index in [1.807, 2.05) is 0 Å². The van der Waals surface area contributed by atoms with E-state index in [1.165, 1.54) is 154 Å². The maximum atomic E-state index is 2.40. The SMILES string of the molecule is C.CC1CCC(C)C1.CC1CCC(C)CC1.CC1CCCC(C)CCC1.CCC1CCC(CC)C1.CCC1CCC(CC)CC1. The second-order valence-electron chi connectivity index (χ2n) is 17.5. The molecule has 0 aliphatic heterocycles. The predicted octanol–water partition coefficient (Wildman–Crippen LogP) is 16.4. The molecule has 45 heavy (non-hydrogen) atoms. The summed E-state index contributed by atoms with van der Waals surface area (Å²) in [6.45, 7) is 23.5. The van der Waals surface area contributed by atoms with Crippen LogP contribution in [0.3, 0.4) is 0 Å². The second-order valence-corrected chi connectivity index (χ2v) is 17.5. The van der Waals surface area contributed by atoms with Gasteiger partial charge in [0, 0.05) is 0 Å². The van der Waals surface area contributed by atoms with Crippen LogP contribution in [0, 0.1) is 59.2 Å². The molecule has 4 atom stereocenters. The molecule has 0 radical (unpaired) electrons. The Morgan fingerprint density at radius 2 is 0.533 bits per heavy atom. The third kappa shape index (κ3) is 23.1. The normalized spacial score (nSPS) is 36.4. The molecule has 0 aromatic carbocycles. The van der Waals surface area contributed by atoms with E-state index in [0.717, 1.165) is 59.2 Å². The molecule has 0 N–H and O–H groups in total. The molecule has 5 fully saturated rings. The summed E-state index contributed by atoms with van der Waals surface area (Å²) >= 11 is 0. The van der Waals surface area contributed by atoms with Crippen LogP contribution < -0.4 is 0 Å². The van der Waals surface area contributed by atoms with Crippen molar-refractivity contribution in [3.63, 3.8) is 0 Å². The van der Waals surface area contributed by atoms with Crippen LogP contribution in [-0.2, 0) is 0 Å². The summed E-state index contributed by atoms with van der Waals surface area (Å²) < 4.78 is 0. The maximum absolute atomic E-state index is 2.40. The quantitative estimate of drug-likeness (QED) is 0.289. The van der Waals surface area contributed by atoms with Gasteiger partial charge in [0.1, 0.15) is 0 Å². The van der Waals surface area contributed by atoms with E-state index >= 15 is 0 Å². The van der Waals surface area contributed by atoms with E-state index in [9.17, 15) is 0 Å². The minimum Gasteiger partial charge on any atom is -0.0776 e. The zero-order valence-corrected chi connectivity index (χ0v) is 32.7. The van der Waals surface area contributed by atoms with Crippen molar-refractivity contribution in [1.29, 1.82) is 0 Å². The Kier molecular flexibility index (Phi) is 27.9. The zero-order valence-electron chi connectivity index (χ0n) is 32.7. The van der Waals surface area contributed by atoms with Gasteiger partial charge in [0.05, 0.1) is 0 Å². The van der Waals surface area contributed by atoms with Crippen LogP contribution in [0.15, 0.2) is 0 Å². The van der Waals surface area contributed by atoms with Crippen molar-refractivity contribution in [2.45, 2.75) is 231 Å². The molecule has 0 heterocycles. The van der Waals surface area contributed by atoms with Crippen LogP contribution in [0.25, 0.3) is 0 Å². The first kappa shape index (κ1) is 45.0. The van der Waals surface area contributed by atoms with Gasteiger partial charge >= 0.3 is 0 Å². The summed E-state index contributed by atoms with van der Waals surface area (Å²) in [4.78, 5) is 0. The summed E-state index contributed by atoms with van der Waals surface area (Å²) in [5.74, 6) is 10.4. The Labute approximate surface area is 289 Å². The van der Waals surface area contributed by atoms with E-state index in [-0.39, 0.29) is 7.43 Å². The lowest BCUT2D eigenvalue weighted by Crippen LogP contribution is -2.12. The van der Waals surface area contributed by atoms with Crippen molar-refractivity contribution in [3.8, 4) is 0 Å². The van der Waals surface area contributed by atoms with Gasteiger partial charge in [-0.1, -0.05) is 218 Å². The monoisotopic (exact) mass is 633 g/mol. The largest absolute Gasteiger partial charge is 0.0776 e. The summed E-state index contributed by atoms with van der Waals surface area (Å²) in [5, 5.41) is 0. The molecule has 0 amide bonds. The fourth-order valence-electron chi connectivity index (χ4n) is 8.80. The Morgan fingerprint density at radius 1 is 0.289 bits per heavy atom. The van der Waals surface area contributed by atoms with Gasteiger partial charge in [-0.15, -0.1) is 0 Å². The van der Waals surface area contributed by atoms with Gasteiger partial charge in [-0.3, -0.25) is 0 Å². The predicted molar refractivity (Wildman–Crippen MR) is 209 cm³/mol. The van der Waals surface area contributed by atoms with Crippen molar-refractivity contribution in [3.05, 3.63) is 0 Å². The number of hydrogen-bond donors (Lipinski definition) is 0. The molecular weight excluding hydrogens is 540 g/mol. The van der Waals surface area contributed by atoms with Crippen LogP contribution in [0.4, 0.5) is 0 Å². The summed E-state index contributed by atoms with van der Waals surface area (Å²) in [6, 6.07) is 0. The molecule has 0 saturated heterocycles. The first-order chi connectivity index (χ1) is 21.1. The minimum absolute atomic E-state index is 0. The molecule has 0 aromatic rings. The maximum Gasteiger partial charge on any atom is -0.0414 e. The molecular formula is C45H92. The van der Waals surface area contributed by atoms with Crippen molar-refractivity contribution >= 4 is 0 Å². The second kappa shape index (κ2) is 27.9. The van der Waals surface area contributed by atoms with Gasteiger partial charge in [-0.25, -0.2) is 0 Å². The smallest absolute Gasteiger partial charge is 0.0414 e. The Balaban J connectivity index is 0.000000538. The first-order valence-corrected chi connectivity index (χ1v) is 21.1. The zero-order chi connectivity index (χ0) is 32.7. The molecule has 5 aliphatic carbocycles. The van der Waals surface area contributed by atoms with Crippen molar-refractivity contribution in [2.24, 2.45) is 59.2 Å². The van der Waals surface area contributed by atoms with Crippen molar-refractivity contribution in [1.82, 2.24) is 0 Å². The lowest BCUT2D eigenvalue weighted by molar-refractivity contribution is 0.264. The average Bonchev–Trinajstić information content (AvgIpc) is 3.66. The number of hydrogen-bond acceptors (Lipinski definition) is 0. The Morgan fingerprint density at radius 3 is 0.756 bits per heavy atom. The van der Waals surface area contributed by atoms with E-state index in [1.54, 1.807) is 0 Å². The molecule has 0 heteroatoms. The molecule has 272 valence electrons. The Hall–Kier alpha value is 0. The molecule has 0 aromatic heterocycles. The highest BCUT2D eigenvalue weighted by molar-refractivity contribution is 4.73. The fraction of sp³-hybridized carbons (Fsp3) is 1.00. The molecule has 0 bridgehead atoms. The van der Waals surface area contributed by atoms with Crippen molar-refractivity contribution in [2.75, 3.05) is 0 Å². The molecule has 4 unspecified atom stereocenters. The third-order valence-corrected chi connectivity index (χ3v) is 13.0. The lowest BCUT2D eigenvalue weighted by Gasteiger charge is -2.26. The van der Waals surface area contributed by atoms with Crippen LogP contribution in [0.1, 0.15) is 231 Å². The summed E-state index contributed by atoms with van der Waals surface area (Å²) in [7, 11) is 0. The van der Waals surface area contributed by atoms with E-state index in [0.29, 0.717) is 0 Å². The lowest BCUT2D eigenvalue weighted by atomic mass is 9.80. The molecule has 5 saturated carbocycles. The van der Waals surface area contributed by atoms with Gasteiger partial charge in [-0.2, -0.15) is 0 Å². The summed E-state index contributed by atoms with van der Waals surface area (Å²) in [6.07, 6.45) is 35.4. The number of rotatable bonds is 4. The van der Waals surface area contributed by atoms with Crippen LogP contribution in [0.2, 0.25) is 0 Å². The van der Waals surface area contributed by atoms with Gasteiger partial charge in [0.25, 0.3) is 0 Å². The topological polar surface area (TPSA) is 0 Å². The average molecular weight is 633 g/mol. The van der Waals surface area contributed by atoms with Gasteiger partial charge in [0.15, 0.2) is 0 Å². The summed E-state index contributed by atoms with van der Waals surface area (Å²) in [5.41, 5.74) is 0. The molecule has 5 rings (SSSR count). The molecule has 0 nitrogen and oxygen atoms in total. The van der Waals surface area contributed by atoms with Gasteiger partial charge in [-0.05, 0) is 72.0 Å². The standard InChI is InChI=1S/2C10H20.C9H18.C8H16.C7H14.CH4/c1-9-5-3-7-10(2)8-4-6-9;1-3-9-5-7-10(4-2)8-6-9;1-3-8-5-6-9(4-2)7-8;1-7-3-5-8(2)6-4-7;1-6-3-4-7(2)5-6;/h2*9-10H,3-8H2,1-2H3;8-9H,3-7H2,1-2H3;7-8H,3-6H2,1-2H3;6-7H,3-5H2,1-2H3;1H4. The molecule has 5 aliphatic rings. The van der Waals surface area contributed by atoms with Crippen LogP contribution in [0.5, 0.6) is 0 Å². The highest BCUT2D eigenvalue weighted by Crippen LogP contribution is 2.34. The third-order valence-electron chi connectivity index (χ3n) is 13.0. The van der Waals surface area contributed by atoms with Gasteiger partial charge in [0.2, 0.25) is 0 Å². The highest BCUT2D eigenvalue weighted by Gasteiger charge is 2.21. The van der Waals surface area contributed by atoms with Crippen LogP contribution >= 0.6 is 0 Å². The minimum atomic E-state index is 0.